The molecule has 1 saturated carbocycles. The molecule has 30 heavy (non-hydrogen) atoms. The second kappa shape index (κ2) is 11.9. The van der Waals surface area contributed by atoms with Gasteiger partial charge in [0, 0.05) is 0 Å². The van der Waals surface area contributed by atoms with Crippen LogP contribution in [0, 0.1) is 41.4 Å². The number of carbonyl (C=O) groups excluding carboxylic acids is 3. The first-order valence-electron chi connectivity index (χ1n) is 10.7. The largest absolute Gasteiger partial charge is 0.481 e. The molecule has 1 N–H and O–H groups in total. The van der Waals surface area contributed by atoms with Gasteiger partial charge in [-0.05, 0) is 30.6 Å². The van der Waals surface area contributed by atoms with Crippen LogP contribution in [0.3, 0.4) is 0 Å². The van der Waals surface area contributed by atoms with Gasteiger partial charge >= 0.3 is 23.9 Å². The summed E-state index contributed by atoms with van der Waals surface area (Å²) in [5, 5.41) is 9.68. The highest BCUT2D eigenvalue weighted by atomic mass is 16.5. The van der Waals surface area contributed by atoms with Crippen molar-refractivity contribution in [2.24, 2.45) is 41.4 Å². The van der Waals surface area contributed by atoms with Crippen molar-refractivity contribution in [3.63, 3.8) is 0 Å². The van der Waals surface area contributed by atoms with Crippen LogP contribution in [-0.2, 0) is 33.4 Å². The fourth-order valence-corrected chi connectivity index (χ4v) is 3.33. The number of carbonyl (C=O) groups is 4. The number of ether oxygens (including phenoxy) is 3. The highest BCUT2D eigenvalue weighted by Crippen LogP contribution is 2.40. The topological polar surface area (TPSA) is 116 Å². The van der Waals surface area contributed by atoms with E-state index in [2.05, 4.69) is 0 Å². The monoisotopic (exact) mass is 428 g/mol. The van der Waals surface area contributed by atoms with E-state index in [9.17, 15) is 24.3 Å². The summed E-state index contributed by atoms with van der Waals surface area (Å²) in [4.78, 5) is 49.9. The van der Waals surface area contributed by atoms with Gasteiger partial charge in [-0.25, -0.2) is 0 Å². The smallest absolute Gasteiger partial charge is 0.309 e. The zero-order chi connectivity index (χ0) is 23.0. The molecule has 1 fully saturated rings. The van der Waals surface area contributed by atoms with Crippen LogP contribution in [0.1, 0.15) is 54.4 Å². The lowest BCUT2D eigenvalue weighted by Crippen LogP contribution is -2.46. The molecule has 0 aromatic carbocycles. The molecule has 0 radical (unpaired) electrons. The Labute approximate surface area is 178 Å². The van der Waals surface area contributed by atoms with E-state index in [1.807, 2.05) is 41.5 Å². The molecule has 172 valence electrons. The van der Waals surface area contributed by atoms with Gasteiger partial charge in [0.05, 0.1) is 43.5 Å². The normalized spacial score (nSPS) is 24.0. The quantitative estimate of drug-likeness (QED) is 0.417. The molecule has 0 aromatic rings. The van der Waals surface area contributed by atoms with E-state index >= 15 is 0 Å². The Balaban J connectivity index is 3.10. The van der Waals surface area contributed by atoms with Crippen LogP contribution in [0.15, 0.2) is 0 Å². The van der Waals surface area contributed by atoms with Gasteiger partial charge in [0.2, 0.25) is 0 Å². The molecule has 1 rings (SSSR count). The minimum absolute atomic E-state index is 0.0892. The maximum absolute atomic E-state index is 12.7. The number of hydrogen-bond acceptors (Lipinski definition) is 7. The predicted octanol–water partition coefficient (Wildman–Crippen LogP) is 2.93. The fraction of sp³-hybridized carbons (Fsp3) is 0.818. The number of carboxylic acids is 1. The lowest BCUT2D eigenvalue weighted by molar-refractivity contribution is -0.174. The van der Waals surface area contributed by atoms with E-state index in [-0.39, 0.29) is 50.4 Å². The van der Waals surface area contributed by atoms with Crippen molar-refractivity contribution in [3.05, 3.63) is 0 Å². The van der Waals surface area contributed by atoms with Crippen LogP contribution in [0.4, 0.5) is 0 Å². The highest BCUT2D eigenvalue weighted by Gasteiger charge is 2.50. The molecule has 0 saturated heterocycles. The summed E-state index contributed by atoms with van der Waals surface area (Å²) in [6.45, 7) is 11.8. The average molecular weight is 429 g/mol. The summed E-state index contributed by atoms with van der Waals surface area (Å²) >= 11 is 0. The first-order chi connectivity index (χ1) is 13.9. The summed E-state index contributed by atoms with van der Waals surface area (Å²) in [6.07, 6.45) is -0.290. The van der Waals surface area contributed by atoms with Crippen LogP contribution in [0.25, 0.3) is 0 Å². The average Bonchev–Trinajstić information content (AvgIpc) is 2.66. The lowest BCUT2D eigenvalue weighted by atomic mass is 9.68. The summed E-state index contributed by atoms with van der Waals surface area (Å²) in [7, 11) is 0. The van der Waals surface area contributed by atoms with Crippen molar-refractivity contribution in [1.82, 2.24) is 0 Å². The Bertz CT molecular complexity index is 610. The molecule has 0 aromatic heterocycles. The first kappa shape index (κ1) is 25.9. The van der Waals surface area contributed by atoms with Crippen LogP contribution < -0.4 is 0 Å². The molecule has 8 heteroatoms. The molecule has 0 aliphatic heterocycles. The predicted molar refractivity (Wildman–Crippen MR) is 108 cm³/mol. The third-order valence-corrected chi connectivity index (χ3v) is 4.89. The Hall–Kier alpha value is -2.12. The molecule has 0 spiro atoms. The zero-order valence-corrected chi connectivity index (χ0v) is 18.9. The van der Waals surface area contributed by atoms with Gasteiger partial charge in [-0.1, -0.05) is 41.5 Å². The number of carboxylic acid groups (broad SMARTS) is 1. The van der Waals surface area contributed by atoms with Gasteiger partial charge in [0.1, 0.15) is 0 Å². The van der Waals surface area contributed by atoms with Crippen LogP contribution in [-0.4, -0.2) is 48.8 Å². The summed E-state index contributed by atoms with van der Waals surface area (Å²) in [5.41, 5.74) is 0. The van der Waals surface area contributed by atoms with Crippen molar-refractivity contribution >= 4 is 23.9 Å². The van der Waals surface area contributed by atoms with E-state index < -0.39 is 47.5 Å². The van der Waals surface area contributed by atoms with Crippen LogP contribution in [0.2, 0.25) is 0 Å². The zero-order valence-electron chi connectivity index (χ0n) is 18.9. The SMILES string of the molecule is CC(C)COC(=O)C1CC(C(=O)OCC(C)C)C(C(=O)OCC(C)C)CC1C(=O)O. The molecular formula is C22H36O8. The van der Waals surface area contributed by atoms with Crippen molar-refractivity contribution in [3.8, 4) is 0 Å². The molecule has 1 aliphatic rings. The summed E-state index contributed by atoms with van der Waals surface area (Å²) in [6, 6.07) is 0. The summed E-state index contributed by atoms with van der Waals surface area (Å²) in [5.74, 6) is -6.89. The Morgan fingerprint density at radius 2 is 0.900 bits per heavy atom. The minimum Gasteiger partial charge on any atom is -0.481 e. The molecule has 1 aliphatic carbocycles. The number of rotatable bonds is 10. The second-order valence-electron chi connectivity index (χ2n) is 9.31. The maximum Gasteiger partial charge on any atom is 0.309 e. The molecule has 0 amide bonds. The van der Waals surface area contributed by atoms with Crippen molar-refractivity contribution in [1.29, 1.82) is 0 Å². The number of hydrogen-bond donors (Lipinski definition) is 1. The third-order valence-electron chi connectivity index (χ3n) is 4.89. The maximum atomic E-state index is 12.7. The van der Waals surface area contributed by atoms with Gasteiger partial charge in [-0.3, -0.25) is 19.2 Å². The van der Waals surface area contributed by atoms with Crippen LogP contribution >= 0.6 is 0 Å². The Kier molecular flexibility index (Phi) is 10.3. The Morgan fingerprint density at radius 1 is 0.633 bits per heavy atom. The van der Waals surface area contributed by atoms with Gasteiger partial charge in [0.15, 0.2) is 0 Å². The lowest BCUT2D eigenvalue weighted by Gasteiger charge is -2.36. The fourth-order valence-electron chi connectivity index (χ4n) is 3.33. The molecule has 0 bridgehead atoms. The van der Waals surface area contributed by atoms with E-state index in [1.165, 1.54) is 0 Å². The first-order valence-corrected chi connectivity index (χ1v) is 10.7. The van der Waals surface area contributed by atoms with Crippen molar-refractivity contribution in [2.75, 3.05) is 19.8 Å². The minimum atomic E-state index is -1.20. The van der Waals surface area contributed by atoms with Gasteiger partial charge in [0.25, 0.3) is 0 Å². The van der Waals surface area contributed by atoms with Gasteiger partial charge in [-0.15, -0.1) is 0 Å². The molecule has 0 heterocycles. The second-order valence-corrected chi connectivity index (χ2v) is 9.31. The Morgan fingerprint density at radius 3 is 1.17 bits per heavy atom. The van der Waals surface area contributed by atoms with Gasteiger partial charge < -0.3 is 19.3 Å². The molecule has 8 nitrogen and oxygen atoms in total. The van der Waals surface area contributed by atoms with E-state index in [4.69, 9.17) is 14.2 Å². The standard InChI is InChI=1S/C22H36O8/c1-12(2)9-28-20(25)16-8-18(22(27)30-11-14(5)6)17(7-15(16)19(23)24)21(26)29-10-13(3)4/h12-18H,7-11H2,1-6H3,(H,23,24). The molecular weight excluding hydrogens is 392 g/mol. The van der Waals surface area contributed by atoms with Crippen LogP contribution in [0.5, 0.6) is 0 Å². The van der Waals surface area contributed by atoms with E-state index in [0.29, 0.717) is 0 Å². The third kappa shape index (κ3) is 7.95. The van der Waals surface area contributed by atoms with E-state index in [0.717, 1.165) is 0 Å². The number of aliphatic carboxylic acids is 1. The molecule has 4 unspecified atom stereocenters. The van der Waals surface area contributed by atoms with Gasteiger partial charge in [-0.2, -0.15) is 0 Å². The van der Waals surface area contributed by atoms with Crippen molar-refractivity contribution in [2.45, 2.75) is 54.4 Å². The molecule has 4 atom stereocenters. The summed E-state index contributed by atoms with van der Waals surface area (Å²) < 4.78 is 15.9. The van der Waals surface area contributed by atoms with Crippen molar-refractivity contribution < 1.29 is 38.5 Å². The highest BCUT2D eigenvalue weighted by molar-refractivity contribution is 5.87. The number of esters is 3. The van der Waals surface area contributed by atoms with E-state index in [1.54, 1.807) is 0 Å².